The van der Waals surface area contributed by atoms with Crippen LogP contribution in [-0.2, 0) is 24.3 Å². The summed E-state index contributed by atoms with van der Waals surface area (Å²) < 4.78 is 31.3. The van der Waals surface area contributed by atoms with Crippen LogP contribution in [0.1, 0.15) is 17.2 Å². The van der Waals surface area contributed by atoms with Gasteiger partial charge in [-0.25, -0.2) is 12.7 Å². The Morgan fingerprint density at radius 1 is 1.08 bits per heavy atom. The van der Waals surface area contributed by atoms with E-state index in [4.69, 9.17) is 16.3 Å². The van der Waals surface area contributed by atoms with Crippen LogP contribution in [0, 0.1) is 0 Å². The fourth-order valence-electron chi connectivity index (χ4n) is 4.36. The standard InChI is InChI=1S/C25H28ClN3O6S/c1-27(2)36(33,34)20-8-6-17(7-9-20)23(30)21-22(18-4-3-5-19(26)16-18)29(25(32)24(21)31)11-10-28-12-14-35-15-13-28/h3-9,16,22,30H,10-15H2,1-2H3/b23-21+. The molecule has 0 spiro atoms. The zero-order valence-electron chi connectivity index (χ0n) is 20.1. The normalized spacial score (nSPS) is 20.9. The maximum Gasteiger partial charge on any atom is 0.295 e. The number of carbonyl (C=O) groups is 2. The van der Waals surface area contributed by atoms with E-state index in [9.17, 15) is 23.1 Å². The minimum Gasteiger partial charge on any atom is -0.507 e. The van der Waals surface area contributed by atoms with E-state index in [1.54, 1.807) is 24.3 Å². The minimum atomic E-state index is -3.67. The summed E-state index contributed by atoms with van der Waals surface area (Å²) in [5.41, 5.74) is 0.760. The molecule has 1 amide bonds. The van der Waals surface area contributed by atoms with Gasteiger partial charge < -0.3 is 14.7 Å². The first-order chi connectivity index (χ1) is 17.1. The van der Waals surface area contributed by atoms with Crippen LogP contribution in [0.2, 0.25) is 5.02 Å². The summed E-state index contributed by atoms with van der Waals surface area (Å²) in [6.07, 6.45) is 0. The molecule has 4 rings (SSSR count). The average Bonchev–Trinajstić information content (AvgIpc) is 3.12. The largest absolute Gasteiger partial charge is 0.507 e. The second-order valence-corrected chi connectivity index (χ2v) is 11.4. The van der Waals surface area contributed by atoms with Gasteiger partial charge in [-0.1, -0.05) is 23.7 Å². The molecule has 1 atom stereocenters. The SMILES string of the molecule is CN(C)S(=O)(=O)c1ccc(/C(O)=C2\C(=O)C(=O)N(CCN3CCOCC3)C2c2cccc(Cl)c2)cc1. The molecule has 2 fully saturated rings. The predicted octanol–water partition coefficient (Wildman–Crippen LogP) is 2.34. The van der Waals surface area contributed by atoms with Gasteiger partial charge in [-0.05, 0) is 42.0 Å². The molecule has 0 aliphatic carbocycles. The third-order valence-electron chi connectivity index (χ3n) is 6.37. The molecule has 9 nitrogen and oxygen atoms in total. The highest BCUT2D eigenvalue weighted by Gasteiger charge is 2.46. The highest BCUT2D eigenvalue weighted by Crippen LogP contribution is 2.40. The van der Waals surface area contributed by atoms with Gasteiger partial charge in [-0.3, -0.25) is 14.5 Å². The van der Waals surface area contributed by atoms with Crippen molar-refractivity contribution in [1.82, 2.24) is 14.1 Å². The van der Waals surface area contributed by atoms with Crippen molar-refractivity contribution in [2.75, 3.05) is 53.5 Å². The molecule has 2 saturated heterocycles. The number of rotatable bonds is 7. The van der Waals surface area contributed by atoms with E-state index in [1.807, 2.05) is 0 Å². The number of morpholine rings is 1. The van der Waals surface area contributed by atoms with Gasteiger partial charge in [-0.15, -0.1) is 0 Å². The van der Waals surface area contributed by atoms with Crippen LogP contribution in [0.25, 0.3) is 5.76 Å². The predicted molar refractivity (Wildman–Crippen MR) is 135 cm³/mol. The zero-order valence-corrected chi connectivity index (χ0v) is 21.6. The molecule has 0 saturated carbocycles. The molecular formula is C25H28ClN3O6S. The van der Waals surface area contributed by atoms with E-state index in [0.717, 1.165) is 17.4 Å². The third-order valence-corrected chi connectivity index (χ3v) is 8.44. The smallest absolute Gasteiger partial charge is 0.295 e. The summed E-state index contributed by atoms with van der Waals surface area (Å²) in [6.45, 7) is 3.50. The van der Waals surface area contributed by atoms with Crippen LogP contribution in [0.3, 0.4) is 0 Å². The Balaban J connectivity index is 1.73. The number of hydrogen-bond acceptors (Lipinski definition) is 7. The Hall–Kier alpha value is -2.76. The monoisotopic (exact) mass is 533 g/mol. The molecule has 2 aromatic carbocycles. The number of ketones is 1. The van der Waals surface area contributed by atoms with Crippen LogP contribution in [0.4, 0.5) is 0 Å². The number of amides is 1. The fraction of sp³-hybridized carbons (Fsp3) is 0.360. The van der Waals surface area contributed by atoms with Crippen molar-refractivity contribution in [2.24, 2.45) is 0 Å². The molecule has 36 heavy (non-hydrogen) atoms. The first-order valence-corrected chi connectivity index (χ1v) is 13.3. The molecule has 0 radical (unpaired) electrons. The topological polar surface area (TPSA) is 107 Å². The van der Waals surface area contributed by atoms with Crippen molar-refractivity contribution < 1.29 is 27.9 Å². The number of ether oxygens (including phenoxy) is 1. The summed E-state index contributed by atoms with van der Waals surface area (Å²) in [4.78, 5) is 30.0. The van der Waals surface area contributed by atoms with E-state index in [0.29, 0.717) is 30.3 Å². The summed E-state index contributed by atoms with van der Waals surface area (Å²) in [5, 5.41) is 11.6. The van der Waals surface area contributed by atoms with Gasteiger partial charge >= 0.3 is 0 Å². The number of aliphatic hydroxyl groups is 1. The van der Waals surface area contributed by atoms with Gasteiger partial charge in [0.1, 0.15) is 5.76 Å². The minimum absolute atomic E-state index is 0.0430. The van der Waals surface area contributed by atoms with Crippen molar-refractivity contribution in [3.05, 3.63) is 70.3 Å². The van der Waals surface area contributed by atoms with Crippen molar-refractivity contribution >= 4 is 39.1 Å². The number of halogens is 1. The number of hydrogen-bond donors (Lipinski definition) is 1. The van der Waals surface area contributed by atoms with Crippen LogP contribution in [0.5, 0.6) is 0 Å². The number of nitrogens with zero attached hydrogens (tertiary/aromatic N) is 3. The van der Waals surface area contributed by atoms with E-state index in [2.05, 4.69) is 4.90 Å². The van der Waals surface area contributed by atoms with Crippen LogP contribution >= 0.6 is 11.6 Å². The van der Waals surface area contributed by atoms with Crippen LogP contribution in [0.15, 0.2) is 59.0 Å². The van der Waals surface area contributed by atoms with Gasteiger partial charge in [0, 0.05) is 50.9 Å². The van der Waals surface area contributed by atoms with Crippen molar-refractivity contribution in [2.45, 2.75) is 10.9 Å². The highest BCUT2D eigenvalue weighted by molar-refractivity contribution is 7.89. The number of aliphatic hydroxyl groups excluding tert-OH is 1. The molecule has 2 aromatic rings. The second kappa shape index (κ2) is 10.7. The average molecular weight is 534 g/mol. The third kappa shape index (κ3) is 5.18. The number of sulfonamides is 1. The van der Waals surface area contributed by atoms with Crippen molar-refractivity contribution in [3.8, 4) is 0 Å². The van der Waals surface area contributed by atoms with Crippen molar-refractivity contribution in [3.63, 3.8) is 0 Å². The number of Topliss-reactive ketones (excluding diaryl/α,β-unsaturated/α-hetero) is 1. The molecule has 2 aliphatic heterocycles. The maximum atomic E-state index is 13.2. The lowest BCUT2D eigenvalue weighted by Gasteiger charge is -2.31. The summed E-state index contributed by atoms with van der Waals surface area (Å²) in [6, 6.07) is 11.5. The Labute approximate surface area is 215 Å². The lowest BCUT2D eigenvalue weighted by Crippen LogP contribution is -2.42. The van der Waals surface area contributed by atoms with Gasteiger partial charge in [0.05, 0.1) is 29.7 Å². The van der Waals surface area contributed by atoms with Crippen LogP contribution < -0.4 is 0 Å². The Kier molecular flexibility index (Phi) is 7.82. The van der Waals surface area contributed by atoms with Gasteiger partial charge in [-0.2, -0.15) is 0 Å². The molecule has 0 aromatic heterocycles. The Bertz CT molecular complexity index is 1290. The van der Waals surface area contributed by atoms with Gasteiger partial charge in [0.2, 0.25) is 10.0 Å². The lowest BCUT2D eigenvalue weighted by atomic mass is 9.95. The second-order valence-electron chi connectivity index (χ2n) is 8.81. The number of benzene rings is 2. The molecule has 2 aliphatic rings. The van der Waals surface area contributed by atoms with Gasteiger partial charge in [0.15, 0.2) is 0 Å². The molecule has 11 heteroatoms. The molecule has 192 valence electrons. The summed E-state index contributed by atoms with van der Waals surface area (Å²) in [5.74, 6) is -1.88. The first-order valence-electron chi connectivity index (χ1n) is 11.5. The van der Waals surface area contributed by atoms with Crippen LogP contribution in [-0.4, -0.2) is 92.8 Å². The van der Waals surface area contributed by atoms with Gasteiger partial charge in [0.25, 0.3) is 11.7 Å². The Morgan fingerprint density at radius 2 is 1.75 bits per heavy atom. The number of likely N-dealkylation sites (tertiary alicyclic amines) is 1. The van der Waals surface area contributed by atoms with E-state index >= 15 is 0 Å². The fourth-order valence-corrected chi connectivity index (χ4v) is 5.46. The first kappa shape index (κ1) is 26.3. The molecular weight excluding hydrogens is 506 g/mol. The van der Waals surface area contributed by atoms with E-state index in [-0.39, 0.29) is 28.3 Å². The summed E-state index contributed by atoms with van der Waals surface area (Å²) >= 11 is 6.22. The molecule has 2 heterocycles. The maximum absolute atomic E-state index is 13.2. The molecule has 1 N–H and O–H groups in total. The highest BCUT2D eigenvalue weighted by atomic mass is 35.5. The lowest BCUT2D eigenvalue weighted by molar-refractivity contribution is -0.140. The Morgan fingerprint density at radius 3 is 2.36 bits per heavy atom. The summed E-state index contributed by atoms with van der Waals surface area (Å²) in [7, 11) is -0.819. The molecule has 1 unspecified atom stereocenters. The number of carbonyl (C=O) groups excluding carboxylic acids is 2. The zero-order chi connectivity index (χ0) is 26.0. The van der Waals surface area contributed by atoms with E-state index in [1.165, 1.54) is 43.3 Å². The quantitative estimate of drug-likeness (QED) is 0.331. The molecule has 0 bridgehead atoms. The van der Waals surface area contributed by atoms with Crippen molar-refractivity contribution in [1.29, 1.82) is 0 Å². The van der Waals surface area contributed by atoms with E-state index < -0.39 is 27.8 Å².